The number of amides is 1. The van der Waals surface area contributed by atoms with Crippen molar-refractivity contribution in [3.63, 3.8) is 0 Å². The number of aromatic hydroxyl groups is 1. The van der Waals surface area contributed by atoms with Gasteiger partial charge in [0.05, 0.1) is 32.8 Å². The molecule has 2 aromatic carbocycles. The molecule has 0 aliphatic heterocycles. The predicted octanol–water partition coefficient (Wildman–Crippen LogP) is 3.00. The average Bonchev–Trinajstić information content (AvgIpc) is 2.87. The zero-order chi connectivity index (χ0) is 27.5. The van der Waals surface area contributed by atoms with Gasteiger partial charge in [-0.2, -0.15) is 0 Å². The number of carbonyl (C=O) groups is 3. The Bertz CT molecular complexity index is 1470. The number of hydrogen-bond donors (Lipinski definition) is 4. The Balaban J connectivity index is 1.69. The molecule has 0 saturated heterocycles. The minimum atomic E-state index is -1.17. The molecule has 0 spiro atoms. The molecule has 10 heteroatoms. The molecule has 3 aliphatic carbocycles. The summed E-state index contributed by atoms with van der Waals surface area (Å²) < 4.78 is 16.6. The fourth-order valence-corrected chi connectivity index (χ4v) is 6.21. The number of carbonyl (C=O) groups excluding carboxylic acids is 3. The van der Waals surface area contributed by atoms with Gasteiger partial charge in [0.2, 0.25) is 5.75 Å². The number of ether oxygens (including phenoxy) is 3. The van der Waals surface area contributed by atoms with Crippen LogP contribution in [0.1, 0.15) is 24.0 Å². The van der Waals surface area contributed by atoms with E-state index in [1.807, 2.05) is 0 Å². The van der Waals surface area contributed by atoms with Crippen LogP contribution in [0.25, 0.3) is 16.9 Å². The lowest BCUT2D eigenvalue weighted by Crippen LogP contribution is -2.44. The van der Waals surface area contributed by atoms with Crippen molar-refractivity contribution in [1.29, 1.82) is 0 Å². The van der Waals surface area contributed by atoms with E-state index in [-0.39, 0.29) is 29.7 Å². The van der Waals surface area contributed by atoms with Gasteiger partial charge in [-0.3, -0.25) is 14.4 Å². The van der Waals surface area contributed by atoms with Crippen molar-refractivity contribution in [3.05, 3.63) is 52.3 Å². The molecule has 38 heavy (non-hydrogen) atoms. The van der Waals surface area contributed by atoms with Crippen molar-refractivity contribution in [1.82, 2.24) is 0 Å². The number of allylic oxidation sites excluding steroid dienone is 2. The summed E-state index contributed by atoms with van der Waals surface area (Å²) in [6, 6.07) is 6.60. The first-order valence-electron chi connectivity index (χ1n) is 12.0. The van der Waals surface area contributed by atoms with Gasteiger partial charge in [0.25, 0.3) is 5.91 Å². The van der Waals surface area contributed by atoms with E-state index in [0.29, 0.717) is 40.4 Å². The normalized spacial score (nSPS) is 22.4. The van der Waals surface area contributed by atoms with Crippen molar-refractivity contribution in [2.24, 2.45) is 23.5 Å². The molecule has 2 aromatic rings. The summed E-state index contributed by atoms with van der Waals surface area (Å²) in [5.74, 6) is -4.56. The zero-order valence-electron chi connectivity index (χ0n) is 21.0. The lowest BCUT2D eigenvalue weighted by atomic mass is 9.61. The summed E-state index contributed by atoms with van der Waals surface area (Å²) in [7, 11) is 4.48. The minimum absolute atomic E-state index is 0.0511. The molecule has 1 saturated carbocycles. The third-order valence-electron chi connectivity index (χ3n) is 7.77. The Hall–Kier alpha value is -4.47. The predicted molar refractivity (Wildman–Crippen MR) is 135 cm³/mol. The van der Waals surface area contributed by atoms with Crippen LogP contribution in [0.4, 0.5) is 0 Å². The highest BCUT2D eigenvalue weighted by Gasteiger charge is 2.51. The fourth-order valence-electron chi connectivity index (χ4n) is 6.21. The number of phenols is 1. The highest BCUT2D eigenvalue weighted by molar-refractivity contribution is 6.21. The van der Waals surface area contributed by atoms with Crippen molar-refractivity contribution in [2.45, 2.75) is 19.3 Å². The number of aliphatic hydroxyl groups excluding tert-OH is 2. The number of primary amides is 1. The van der Waals surface area contributed by atoms with Gasteiger partial charge in [-0.05, 0) is 54.0 Å². The zero-order valence-corrected chi connectivity index (χ0v) is 21.0. The summed E-state index contributed by atoms with van der Waals surface area (Å²) in [5, 5.41) is 32.8. The van der Waals surface area contributed by atoms with Gasteiger partial charge >= 0.3 is 0 Å². The molecule has 0 radical (unpaired) electrons. The Labute approximate surface area is 217 Å². The summed E-state index contributed by atoms with van der Waals surface area (Å²) in [6.07, 6.45) is 0.452. The number of ketones is 2. The number of nitrogens with two attached hydrogens (primary N) is 1. The number of fused-ring (bicyclic) bond motifs is 3. The van der Waals surface area contributed by atoms with Gasteiger partial charge < -0.3 is 35.3 Å². The second-order valence-electron chi connectivity index (χ2n) is 9.62. The first kappa shape index (κ1) is 25.2. The number of rotatable bonds is 5. The van der Waals surface area contributed by atoms with Gasteiger partial charge in [-0.15, -0.1) is 0 Å². The molecule has 5 N–H and O–H groups in total. The molecule has 5 rings (SSSR count). The van der Waals surface area contributed by atoms with E-state index in [0.717, 1.165) is 0 Å². The summed E-state index contributed by atoms with van der Waals surface area (Å²) in [6.45, 7) is 0. The van der Waals surface area contributed by atoms with Crippen LogP contribution in [0.5, 0.6) is 23.0 Å². The highest BCUT2D eigenvalue weighted by atomic mass is 16.5. The van der Waals surface area contributed by atoms with Gasteiger partial charge in [0.1, 0.15) is 22.8 Å². The number of phenolic OH excluding ortho intramolecular Hbond substituents is 1. The molecule has 1 fully saturated rings. The maximum absolute atomic E-state index is 13.6. The highest BCUT2D eigenvalue weighted by Crippen LogP contribution is 2.53. The smallest absolute Gasteiger partial charge is 0.255 e. The number of benzene rings is 2. The maximum Gasteiger partial charge on any atom is 0.255 e. The van der Waals surface area contributed by atoms with Gasteiger partial charge in [0, 0.05) is 17.6 Å². The number of Topliss-reactive ketones (excluding diaryl/α,β-unsaturated/α-hetero) is 2. The van der Waals surface area contributed by atoms with Crippen LogP contribution < -0.4 is 19.9 Å². The molecule has 1 amide bonds. The van der Waals surface area contributed by atoms with Crippen LogP contribution in [-0.2, 0) is 20.8 Å². The Morgan fingerprint density at radius 1 is 0.921 bits per heavy atom. The molecule has 198 valence electrons. The number of methoxy groups -OCH3 is 3. The van der Waals surface area contributed by atoms with Crippen LogP contribution in [0.3, 0.4) is 0 Å². The lowest BCUT2D eigenvalue weighted by Gasteiger charge is -2.41. The fraction of sp³-hybridized carbons (Fsp3) is 0.321. The van der Waals surface area contributed by atoms with E-state index in [1.165, 1.54) is 27.4 Å². The van der Waals surface area contributed by atoms with E-state index in [4.69, 9.17) is 19.9 Å². The monoisotopic (exact) mass is 521 g/mol. The van der Waals surface area contributed by atoms with Crippen LogP contribution in [-0.4, -0.2) is 54.1 Å². The molecule has 0 bridgehead atoms. The average molecular weight is 522 g/mol. The third kappa shape index (κ3) is 3.51. The molecular formula is C28H27NO9. The SMILES string of the molecule is COc1ccc(-c2ccc(O)c3c2C[C@H]2C[C@H]4CC(=O)C(C(N)=O)=C(O)C4C(=O)C2=C3O)c(OC)c1OC. The van der Waals surface area contributed by atoms with Crippen LogP contribution in [0, 0.1) is 17.8 Å². The second kappa shape index (κ2) is 9.13. The van der Waals surface area contributed by atoms with Crippen molar-refractivity contribution < 1.29 is 43.9 Å². The summed E-state index contributed by atoms with van der Waals surface area (Å²) >= 11 is 0. The Kier molecular flexibility index (Phi) is 6.05. The maximum atomic E-state index is 13.6. The van der Waals surface area contributed by atoms with Gasteiger partial charge in [0.15, 0.2) is 23.1 Å². The van der Waals surface area contributed by atoms with E-state index >= 15 is 0 Å². The standard InChI is InChI=1S/C28H27NO9/c1-36-18-7-5-14(26(37-2)27(18)38-3)13-4-6-16(30)21-15(13)9-11-8-12-10-17(31)22(28(29)35)25(34)20(12)23(32)19(11)24(21)33/h4-7,11-12,20,30,33-34H,8-10H2,1-3H3,(H2,29,35)/t11-,12+,20?/m1/s1. The van der Waals surface area contributed by atoms with E-state index in [1.54, 1.807) is 18.2 Å². The molecule has 0 aromatic heterocycles. The van der Waals surface area contributed by atoms with E-state index in [9.17, 15) is 29.7 Å². The second-order valence-corrected chi connectivity index (χ2v) is 9.62. The Morgan fingerprint density at radius 3 is 2.24 bits per heavy atom. The molecule has 0 heterocycles. The molecule has 1 unspecified atom stereocenters. The molecule has 3 atom stereocenters. The van der Waals surface area contributed by atoms with Gasteiger partial charge in [-0.25, -0.2) is 0 Å². The van der Waals surface area contributed by atoms with Gasteiger partial charge in [-0.1, -0.05) is 6.07 Å². The topological polar surface area (TPSA) is 166 Å². The minimum Gasteiger partial charge on any atom is -0.511 e. The molecule has 3 aliphatic rings. The number of hydrogen-bond acceptors (Lipinski definition) is 9. The van der Waals surface area contributed by atoms with E-state index in [2.05, 4.69) is 0 Å². The molecular weight excluding hydrogens is 494 g/mol. The van der Waals surface area contributed by atoms with Crippen LogP contribution in [0.15, 0.2) is 41.2 Å². The van der Waals surface area contributed by atoms with Crippen molar-refractivity contribution in [3.8, 4) is 34.1 Å². The first-order valence-corrected chi connectivity index (χ1v) is 12.0. The van der Waals surface area contributed by atoms with E-state index < -0.39 is 52.3 Å². The lowest BCUT2D eigenvalue weighted by molar-refractivity contribution is -0.127. The third-order valence-corrected chi connectivity index (χ3v) is 7.77. The first-order chi connectivity index (χ1) is 18.1. The Morgan fingerprint density at radius 2 is 1.61 bits per heavy atom. The number of aliphatic hydroxyl groups is 2. The largest absolute Gasteiger partial charge is 0.511 e. The molecule has 10 nitrogen and oxygen atoms in total. The van der Waals surface area contributed by atoms with Crippen molar-refractivity contribution in [2.75, 3.05) is 21.3 Å². The van der Waals surface area contributed by atoms with Crippen LogP contribution >= 0.6 is 0 Å². The van der Waals surface area contributed by atoms with Crippen LogP contribution in [0.2, 0.25) is 0 Å². The quantitative estimate of drug-likeness (QED) is 0.433. The van der Waals surface area contributed by atoms with Crippen molar-refractivity contribution >= 4 is 23.2 Å². The summed E-state index contributed by atoms with van der Waals surface area (Å²) in [4.78, 5) is 37.9. The summed E-state index contributed by atoms with van der Waals surface area (Å²) in [5.41, 5.74) is 6.72.